The SMILES string of the molecule is CCSc1nc2sc3c(c2c2n[nH]c(=S)n12)CC[NH+](Cc1ccccc1)C3. The highest BCUT2D eigenvalue weighted by molar-refractivity contribution is 7.99. The second kappa shape index (κ2) is 7.01. The van der Waals surface area contributed by atoms with Gasteiger partial charge in [0.15, 0.2) is 10.8 Å². The maximum atomic E-state index is 5.46. The lowest BCUT2D eigenvalue weighted by Gasteiger charge is -2.24. The van der Waals surface area contributed by atoms with Crippen LogP contribution in [-0.2, 0) is 19.5 Å². The Bertz CT molecular complexity index is 1170. The summed E-state index contributed by atoms with van der Waals surface area (Å²) >= 11 is 9.01. The lowest BCUT2D eigenvalue weighted by atomic mass is 10.0. The van der Waals surface area contributed by atoms with Gasteiger partial charge in [-0.25, -0.2) is 9.38 Å². The zero-order chi connectivity index (χ0) is 18.4. The topological polar surface area (TPSA) is 50.4 Å². The molecule has 1 aliphatic heterocycles. The van der Waals surface area contributed by atoms with Crippen molar-refractivity contribution in [2.75, 3.05) is 12.3 Å². The first kappa shape index (κ1) is 17.4. The molecular formula is C19H20N5S3+. The zero-order valence-corrected chi connectivity index (χ0v) is 17.4. The van der Waals surface area contributed by atoms with Crippen LogP contribution in [-0.4, -0.2) is 31.9 Å². The predicted molar refractivity (Wildman–Crippen MR) is 113 cm³/mol. The third-order valence-corrected chi connectivity index (χ3v) is 7.29. The summed E-state index contributed by atoms with van der Waals surface area (Å²) in [5, 5.41) is 9.65. The third-order valence-electron chi connectivity index (χ3n) is 5.07. The number of quaternary nitrogens is 1. The lowest BCUT2D eigenvalue weighted by molar-refractivity contribution is -0.929. The van der Waals surface area contributed by atoms with E-state index in [1.54, 1.807) is 16.7 Å². The number of benzene rings is 1. The van der Waals surface area contributed by atoms with Crippen molar-refractivity contribution in [1.29, 1.82) is 0 Å². The maximum absolute atomic E-state index is 5.46. The highest BCUT2D eigenvalue weighted by atomic mass is 32.2. The minimum absolute atomic E-state index is 0.627. The molecule has 0 saturated carbocycles. The van der Waals surface area contributed by atoms with Gasteiger partial charge < -0.3 is 4.90 Å². The van der Waals surface area contributed by atoms with Crippen LogP contribution < -0.4 is 4.90 Å². The molecule has 0 amide bonds. The van der Waals surface area contributed by atoms with Gasteiger partial charge >= 0.3 is 0 Å². The summed E-state index contributed by atoms with van der Waals surface area (Å²) in [5.74, 6) is 0.959. The smallest absolute Gasteiger partial charge is 0.201 e. The molecular weight excluding hydrogens is 394 g/mol. The molecule has 8 heteroatoms. The number of fused-ring (bicyclic) bond motifs is 5. The van der Waals surface area contributed by atoms with Crippen LogP contribution in [0.4, 0.5) is 0 Å². The maximum Gasteiger partial charge on any atom is 0.201 e. The van der Waals surface area contributed by atoms with Crippen molar-refractivity contribution in [1.82, 2.24) is 19.6 Å². The molecule has 2 N–H and O–H groups in total. The van der Waals surface area contributed by atoms with E-state index < -0.39 is 0 Å². The Morgan fingerprint density at radius 3 is 3.00 bits per heavy atom. The molecule has 1 atom stereocenters. The summed E-state index contributed by atoms with van der Waals surface area (Å²) < 4.78 is 2.63. The molecule has 138 valence electrons. The summed E-state index contributed by atoms with van der Waals surface area (Å²) in [4.78, 5) is 9.10. The molecule has 3 aromatic heterocycles. The van der Waals surface area contributed by atoms with Crippen LogP contribution in [0, 0.1) is 4.77 Å². The van der Waals surface area contributed by atoms with E-state index in [0.717, 1.165) is 47.4 Å². The summed E-state index contributed by atoms with van der Waals surface area (Å²) in [6.45, 7) is 5.40. The van der Waals surface area contributed by atoms with E-state index in [4.69, 9.17) is 17.2 Å². The number of aromatic nitrogens is 4. The number of thiophene rings is 1. The summed E-state index contributed by atoms with van der Waals surface area (Å²) in [5.41, 5.74) is 3.76. The van der Waals surface area contributed by atoms with Crippen molar-refractivity contribution in [2.45, 2.75) is 31.6 Å². The molecule has 1 aliphatic rings. The molecule has 27 heavy (non-hydrogen) atoms. The van der Waals surface area contributed by atoms with Crippen LogP contribution in [0.5, 0.6) is 0 Å². The number of rotatable bonds is 4. The third kappa shape index (κ3) is 3.00. The molecule has 5 rings (SSSR count). The van der Waals surface area contributed by atoms with Crippen molar-refractivity contribution in [3.63, 3.8) is 0 Å². The monoisotopic (exact) mass is 414 g/mol. The van der Waals surface area contributed by atoms with Gasteiger partial charge in [-0.05, 0) is 23.5 Å². The Kier molecular flexibility index (Phi) is 4.51. The van der Waals surface area contributed by atoms with E-state index in [9.17, 15) is 0 Å². The first-order valence-electron chi connectivity index (χ1n) is 9.16. The van der Waals surface area contributed by atoms with E-state index in [0.29, 0.717) is 4.77 Å². The van der Waals surface area contributed by atoms with Gasteiger partial charge in [-0.2, -0.15) is 5.10 Å². The van der Waals surface area contributed by atoms with Gasteiger partial charge in [0.25, 0.3) is 0 Å². The Balaban J connectivity index is 1.58. The molecule has 4 heterocycles. The Hall–Kier alpha value is -1.74. The van der Waals surface area contributed by atoms with Gasteiger partial charge in [-0.1, -0.05) is 49.0 Å². The number of H-pyrrole nitrogens is 1. The number of nitrogens with zero attached hydrogens (tertiary/aromatic N) is 3. The Morgan fingerprint density at radius 2 is 2.19 bits per heavy atom. The lowest BCUT2D eigenvalue weighted by Crippen LogP contribution is -3.10. The van der Waals surface area contributed by atoms with Gasteiger partial charge in [0.1, 0.15) is 17.9 Å². The molecule has 0 spiro atoms. The van der Waals surface area contributed by atoms with Gasteiger partial charge in [0.2, 0.25) is 4.77 Å². The quantitative estimate of drug-likeness (QED) is 0.306. The average molecular weight is 415 g/mol. The summed E-state index contributed by atoms with van der Waals surface area (Å²) in [7, 11) is 0. The molecule has 0 bridgehead atoms. The van der Waals surface area contributed by atoms with Crippen molar-refractivity contribution < 1.29 is 4.90 Å². The largest absolute Gasteiger partial charge is 0.326 e. The summed E-state index contributed by atoms with van der Waals surface area (Å²) in [6, 6.07) is 10.8. The number of hydrogen-bond donors (Lipinski definition) is 2. The number of thioether (sulfide) groups is 1. The molecule has 0 fully saturated rings. The van der Waals surface area contributed by atoms with Crippen molar-refractivity contribution in [3.05, 3.63) is 51.1 Å². The standard InChI is InChI=1S/C19H19N5S3/c1-2-26-19-20-17-15(16-21-22-18(25)24(16)19)13-8-9-23(11-14(13)27-17)10-12-6-4-3-5-7-12/h3-7H,2,8-11H2,1H3,(H,22,25)/p+1. The number of aromatic amines is 1. The average Bonchev–Trinajstić information content (AvgIpc) is 3.23. The van der Waals surface area contributed by atoms with E-state index in [2.05, 4.69) is 47.5 Å². The fraction of sp³-hybridized carbons (Fsp3) is 0.316. The molecule has 0 saturated heterocycles. The van der Waals surface area contributed by atoms with Crippen molar-refractivity contribution >= 4 is 51.2 Å². The second-order valence-corrected chi connectivity index (χ2v) is 9.49. The molecule has 0 aliphatic carbocycles. The van der Waals surface area contributed by atoms with Crippen LogP contribution in [0.25, 0.3) is 15.9 Å². The Labute approximate surface area is 170 Å². The van der Waals surface area contributed by atoms with Crippen molar-refractivity contribution in [2.24, 2.45) is 0 Å². The molecule has 1 unspecified atom stereocenters. The molecule has 0 radical (unpaired) electrons. The Morgan fingerprint density at radius 1 is 1.33 bits per heavy atom. The fourth-order valence-electron chi connectivity index (χ4n) is 3.87. The number of nitrogens with one attached hydrogen (secondary N) is 2. The fourth-order valence-corrected chi connectivity index (χ4v) is 6.21. The first-order valence-corrected chi connectivity index (χ1v) is 11.4. The van der Waals surface area contributed by atoms with Gasteiger partial charge in [0, 0.05) is 12.0 Å². The second-order valence-electron chi connectivity index (χ2n) is 6.79. The molecule has 1 aromatic carbocycles. The van der Waals surface area contributed by atoms with Crippen LogP contribution >= 0.6 is 35.3 Å². The van der Waals surface area contributed by atoms with E-state index in [-0.39, 0.29) is 0 Å². The van der Waals surface area contributed by atoms with Gasteiger partial charge in [-0.15, -0.1) is 11.3 Å². The van der Waals surface area contributed by atoms with E-state index in [1.807, 2.05) is 15.7 Å². The normalized spacial score (nSPS) is 16.9. The highest BCUT2D eigenvalue weighted by Gasteiger charge is 2.27. The van der Waals surface area contributed by atoms with E-state index in [1.165, 1.54) is 21.4 Å². The highest BCUT2D eigenvalue weighted by Crippen LogP contribution is 2.35. The van der Waals surface area contributed by atoms with Crippen molar-refractivity contribution in [3.8, 4) is 0 Å². The van der Waals surface area contributed by atoms with Crippen LogP contribution in [0.1, 0.15) is 22.9 Å². The van der Waals surface area contributed by atoms with E-state index >= 15 is 0 Å². The zero-order valence-electron chi connectivity index (χ0n) is 15.0. The molecule has 4 aromatic rings. The van der Waals surface area contributed by atoms with Crippen LogP contribution in [0.3, 0.4) is 0 Å². The minimum Gasteiger partial charge on any atom is -0.326 e. The van der Waals surface area contributed by atoms with Gasteiger partial charge in [0.05, 0.1) is 16.8 Å². The minimum atomic E-state index is 0.627. The van der Waals surface area contributed by atoms with Crippen LogP contribution in [0.2, 0.25) is 0 Å². The predicted octanol–water partition coefficient (Wildman–Crippen LogP) is 3.25. The number of hydrogen-bond acceptors (Lipinski definition) is 5. The first-order chi connectivity index (χ1) is 13.2. The van der Waals surface area contributed by atoms with Gasteiger partial charge in [-0.3, -0.25) is 5.10 Å². The summed E-state index contributed by atoms with van der Waals surface area (Å²) in [6.07, 6.45) is 1.06. The molecule has 5 nitrogen and oxygen atoms in total. The van der Waals surface area contributed by atoms with Crippen LogP contribution in [0.15, 0.2) is 35.5 Å².